The van der Waals surface area contributed by atoms with Gasteiger partial charge in [-0.25, -0.2) is 4.39 Å². The van der Waals surface area contributed by atoms with Crippen molar-refractivity contribution in [1.82, 2.24) is 0 Å². The zero-order valence-electron chi connectivity index (χ0n) is 8.67. The molecule has 6 heteroatoms. The standard InChI is InChI=1S/C10H12BrFN2O.ClH/c1-6(5-13)10(15)14-7-2-3-8(11)9(12)4-7;/h2-4,6H,5,13H2,1H3,(H,14,15);1H. The van der Waals surface area contributed by atoms with Gasteiger partial charge in [-0.2, -0.15) is 0 Å². The molecule has 0 aliphatic carbocycles. The Morgan fingerprint density at radius 2 is 2.25 bits per heavy atom. The molecule has 1 atom stereocenters. The topological polar surface area (TPSA) is 55.1 Å². The van der Waals surface area contributed by atoms with E-state index in [0.29, 0.717) is 10.2 Å². The summed E-state index contributed by atoms with van der Waals surface area (Å²) in [6.45, 7) is 1.98. The van der Waals surface area contributed by atoms with Gasteiger partial charge in [-0.05, 0) is 34.1 Å². The molecular formula is C10H13BrClFN2O. The minimum absolute atomic E-state index is 0. The van der Waals surface area contributed by atoms with Crippen molar-refractivity contribution in [2.45, 2.75) is 6.92 Å². The number of carbonyl (C=O) groups excluding carboxylic acids is 1. The summed E-state index contributed by atoms with van der Waals surface area (Å²) in [6, 6.07) is 4.41. The predicted octanol–water partition coefficient (Wildman–Crippen LogP) is 2.54. The molecule has 0 fully saturated rings. The molecule has 3 nitrogen and oxygen atoms in total. The third-order valence-corrected chi connectivity index (χ3v) is 2.63. The van der Waals surface area contributed by atoms with E-state index in [1.54, 1.807) is 13.0 Å². The number of halogens is 3. The lowest BCUT2D eigenvalue weighted by molar-refractivity contribution is -0.119. The van der Waals surface area contributed by atoms with Gasteiger partial charge in [0.2, 0.25) is 5.91 Å². The first-order valence-electron chi connectivity index (χ1n) is 4.50. The van der Waals surface area contributed by atoms with Gasteiger partial charge in [-0.1, -0.05) is 6.92 Å². The van der Waals surface area contributed by atoms with Crippen molar-refractivity contribution in [3.63, 3.8) is 0 Å². The number of nitrogens with two attached hydrogens (primary N) is 1. The van der Waals surface area contributed by atoms with E-state index < -0.39 is 5.82 Å². The number of hydrogen-bond acceptors (Lipinski definition) is 2. The van der Waals surface area contributed by atoms with Crippen molar-refractivity contribution < 1.29 is 9.18 Å². The Kier molecular flexibility index (Phi) is 6.55. The number of carbonyl (C=O) groups is 1. The highest BCUT2D eigenvalue weighted by atomic mass is 79.9. The molecule has 90 valence electrons. The summed E-state index contributed by atoms with van der Waals surface area (Å²) in [6.07, 6.45) is 0. The van der Waals surface area contributed by atoms with Crippen LogP contribution < -0.4 is 11.1 Å². The highest BCUT2D eigenvalue weighted by Crippen LogP contribution is 2.19. The van der Waals surface area contributed by atoms with Crippen molar-refractivity contribution in [2.24, 2.45) is 11.7 Å². The molecule has 0 aliphatic heterocycles. The summed E-state index contributed by atoms with van der Waals surface area (Å²) in [4.78, 5) is 11.4. The Hall–Kier alpha value is -0.650. The number of rotatable bonds is 3. The van der Waals surface area contributed by atoms with Crippen LogP contribution in [0.3, 0.4) is 0 Å². The van der Waals surface area contributed by atoms with Crippen LogP contribution in [-0.4, -0.2) is 12.5 Å². The van der Waals surface area contributed by atoms with Gasteiger partial charge in [0, 0.05) is 18.2 Å². The zero-order chi connectivity index (χ0) is 11.4. The van der Waals surface area contributed by atoms with E-state index in [1.165, 1.54) is 12.1 Å². The number of amides is 1. The van der Waals surface area contributed by atoms with Gasteiger partial charge in [0.1, 0.15) is 5.82 Å². The fraction of sp³-hybridized carbons (Fsp3) is 0.300. The maximum absolute atomic E-state index is 13.1. The summed E-state index contributed by atoms with van der Waals surface area (Å²) in [5.74, 6) is -0.899. The molecule has 0 aliphatic rings. The van der Waals surface area contributed by atoms with Crippen LogP contribution in [0.2, 0.25) is 0 Å². The minimum atomic E-state index is -0.409. The minimum Gasteiger partial charge on any atom is -0.330 e. The van der Waals surface area contributed by atoms with Crippen LogP contribution in [0.15, 0.2) is 22.7 Å². The van der Waals surface area contributed by atoms with Gasteiger partial charge >= 0.3 is 0 Å². The Morgan fingerprint density at radius 3 is 2.75 bits per heavy atom. The van der Waals surface area contributed by atoms with Gasteiger partial charge in [-0.3, -0.25) is 4.79 Å². The van der Waals surface area contributed by atoms with Gasteiger partial charge in [0.15, 0.2) is 0 Å². The maximum Gasteiger partial charge on any atom is 0.228 e. The molecule has 0 saturated heterocycles. The average molecular weight is 312 g/mol. The smallest absolute Gasteiger partial charge is 0.228 e. The van der Waals surface area contributed by atoms with Crippen molar-refractivity contribution in [1.29, 1.82) is 0 Å². The van der Waals surface area contributed by atoms with Crippen LogP contribution in [-0.2, 0) is 4.79 Å². The molecular weight excluding hydrogens is 298 g/mol. The van der Waals surface area contributed by atoms with E-state index >= 15 is 0 Å². The van der Waals surface area contributed by atoms with Crippen molar-refractivity contribution in [2.75, 3.05) is 11.9 Å². The molecule has 0 spiro atoms. The molecule has 1 aromatic carbocycles. The van der Waals surface area contributed by atoms with Crippen LogP contribution in [0, 0.1) is 11.7 Å². The third kappa shape index (κ3) is 4.08. The summed E-state index contributed by atoms with van der Waals surface area (Å²) < 4.78 is 13.5. The average Bonchev–Trinajstić information content (AvgIpc) is 2.22. The first-order chi connectivity index (χ1) is 7.04. The quantitative estimate of drug-likeness (QED) is 0.901. The van der Waals surface area contributed by atoms with E-state index in [1.807, 2.05) is 0 Å². The third-order valence-electron chi connectivity index (χ3n) is 1.99. The lowest BCUT2D eigenvalue weighted by atomic mass is 10.1. The maximum atomic E-state index is 13.1. The SMILES string of the molecule is CC(CN)C(=O)Nc1ccc(Br)c(F)c1.Cl. The number of benzene rings is 1. The normalized spacial score (nSPS) is 11.5. The van der Waals surface area contributed by atoms with Crippen LogP contribution >= 0.6 is 28.3 Å². The highest BCUT2D eigenvalue weighted by Gasteiger charge is 2.11. The second kappa shape index (κ2) is 6.83. The predicted molar refractivity (Wildman–Crippen MR) is 68.2 cm³/mol. The Labute approximate surface area is 108 Å². The monoisotopic (exact) mass is 310 g/mol. The van der Waals surface area contributed by atoms with Gasteiger partial charge in [-0.15, -0.1) is 12.4 Å². The molecule has 0 saturated carbocycles. The van der Waals surface area contributed by atoms with E-state index in [4.69, 9.17) is 5.73 Å². The van der Waals surface area contributed by atoms with Crippen LogP contribution in [0.4, 0.5) is 10.1 Å². The fourth-order valence-corrected chi connectivity index (χ4v) is 1.19. The van der Waals surface area contributed by atoms with Gasteiger partial charge in [0.05, 0.1) is 4.47 Å². The first-order valence-corrected chi connectivity index (χ1v) is 5.30. The van der Waals surface area contributed by atoms with Crippen LogP contribution in [0.5, 0.6) is 0 Å². The summed E-state index contributed by atoms with van der Waals surface area (Å²) in [5.41, 5.74) is 5.77. The lowest BCUT2D eigenvalue weighted by Gasteiger charge is -2.10. The Bertz CT molecular complexity index is 376. The molecule has 0 aromatic heterocycles. The summed E-state index contributed by atoms with van der Waals surface area (Å²) >= 11 is 3.03. The van der Waals surface area contributed by atoms with Crippen LogP contribution in [0.1, 0.15) is 6.92 Å². The number of hydrogen-bond donors (Lipinski definition) is 2. The zero-order valence-corrected chi connectivity index (χ0v) is 11.1. The summed E-state index contributed by atoms with van der Waals surface area (Å²) in [5, 5.41) is 2.58. The van der Waals surface area contributed by atoms with Crippen LogP contribution in [0.25, 0.3) is 0 Å². The Balaban J connectivity index is 0.00000225. The molecule has 0 bridgehead atoms. The highest BCUT2D eigenvalue weighted by molar-refractivity contribution is 9.10. The number of nitrogens with one attached hydrogen (secondary N) is 1. The van der Waals surface area contributed by atoms with E-state index in [0.717, 1.165) is 0 Å². The molecule has 0 heterocycles. The molecule has 1 aromatic rings. The fourth-order valence-electron chi connectivity index (χ4n) is 0.946. The van der Waals surface area contributed by atoms with E-state index in [-0.39, 0.29) is 30.8 Å². The molecule has 1 rings (SSSR count). The second-order valence-electron chi connectivity index (χ2n) is 3.25. The van der Waals surface area contributed by atoms with Crippen molar-refractivity contribution >= 4 is 39.9 Å². The molecule has 1 amide bonds. The van der Waals surface area contributed by atoms with Crippen molar-refractivity contribution in [3.05, 3.63) is 28.5 Å². The largest absolute Gasteiger partial charge is 0.330 e. The molecule has 3 N–H and O–H groups in total. The lowest BCUT2D eigenvalue weighted by Crippen LogP contribution is -2.26. The van der Waals surface area contributed by atoms with Gasteiger partial charge in [0.25, 0.3) is 0 Å². The van der Waals surface area contributed by atoms with E-state index in [2.05, 4.69) is 21.2 Å². The molecule has 1 unspecified atom stereocenters. The molecule has 0 radical (unpaired) electrons. The second-order valence-corrected chi connectivity index (χ2v) is 4.11. The van der Waals surface area contributed by atoms with E-state index in [9.17, 15) is 9.18 Å². The molecule has 16 heavy (non-hydrogen) atoms. The first kappa shape index (κ1) is 15.3. The van der Waals surface area contributed by atoms with Crippen molar-refractivity contribution in [3.8, 4) is 0 Å². The summed E-state index contributed by atoms with van der Waals surface area (Å²) in [7, 11) is 0. The Morgan fingerprint density at radius 1 is 1.62 bits per heavy atom. The van der Waals surface area contributed by atoms with Gasteiger partial charge < -0.3 is 11.1 Å². The number of anilines is 1.